The third kappa shape index (κ3) is 3.09. The first-order chi connectivity index (χ1) is 7.10. The molecule has 1 aliphatic carbocycles. The Morgan fingerprint density at radius 2 is 1.87 bits per heavy atom. The van der Waals surface area contributed by atoms with E-state index in [0.717, 1.165) is 23.7 Å². The highest BCUT2D eigenvalue weighted by atomic mass is 14.4. The topological polar surface area (TPSA) is 0 Å². The minimum Gasteiger partial charge on any atom is -0.0993 e. The van der Waals surface area contributed by atoms with Crippen LogP contribution in [-0.2, 0) is 0 Å². The van der Waals surface area contributed by atoms with Crippen LogP contribution >= 0.6 is 0 Å². The van der Waals surface area contributed by atoms with Crippen molar-refractivity contribution in [3.05, 3.63) is 12.2 Å². The van der Waals surface area contributed by atoms with E-state index in [1.807, 2.05) is 0 Å². The fourth-order valence-electron chi connectivity index (χ4n) is 2.70. The van der Waals surface area contributed by atoms with E-state index in [1.54, 1.807) is 5.57 Å². The summed E-state index contributed by atoms with van der Waals surface area (Å²) in [6, 6.07) is 0. The average Bonchev–Trinajstić information content (AvgIpc) is 2.25. The van der Waals surface area contributed by atoms with Crippen molar-refractivity contribution in [1.82, 2.24) is 0 Å². The lowest BCUT2D eigenvalue weighted by Crippen LogP contribution is -2.27. The van der Waals surface area contributed by atoms with Gasteiger partial charge in [-0.2, -0.15) is 0 Å². The minimum atomic E-state index is 0.855. The fourth-order valence-corrected chi connectivity index (χ4v) is 2.70. The summed E-state index contributed by atoms with van der Waals surface area (Å²) < 4.78 is 0. The molecule has 0 aromatic heterocycles. The van der Waals surface area contributed by atoms with Crippen molar-refractivity contribution in [3.63, 3.8) is 0 Å². The summed E-state index contributed by atoms with van der Waals surface area (Å²) in [5.41, 5.74) is 1.55. The van der Waals surface area contributed by atoms with Crippen LogP contribution in [0.25, 0.3) is 0 Å². The van der Waals surface area contributed by atoms with Gasteiger partial charge in [-0.15, -0.1) is 0 Å². The Morgan fingerprint density at radius 3 is 2.33 bits per heavy atom. The van der Waals surface area contributed by atoms with Crippen molar-refractivity contribution in [2.24, 2.45) is 23.7 Å². The Balaban J connectivity index is 2.19. The zero-order valence-corrected chi connectivity index (χ0v) is 11.1. The predicted octanol–water partition coefficient (Wildman–Crippen LogP) is 5.05. The largest absolute Gasteiger partial charge is 0.0993 e. The van der Waals surface area contributed by atoms with E-state index < -0.39 is 0 Å². The quantitative estimate of drug-likeness (QED) is 0.536. The van der Waals surface area contributed by atoms with Crippen LogP contribution in [0.5, 0.6) is 0 Å². The summed E-state index contributed by atoms with van der Waals surface area (Å²) in [5, 5.41) is 0. The molecule has 0 heterocycles. The van der Waals surface area contributed by atoms with Gasteiger partial charge in [0, 0.05) is 0 Å². The lowest BCUT2D eigenvalue weighted by molar-refractivity contribution is 0.254. The first kappa shape index (κ1) is 12.8. The van der Waals surface area contributed by atoms with E-state index in [4.69, 9.17) is 0 Å². The summed E-state index contributed by atoms with van der Waals surface area (Å²) in [7, 11) is 0. The van der Waals surface area contributed by atoms with Crippen LogP contribution < -0.4 is 0 Å². The zero-order valence-electron chi connectivity index (χ0n) is 11.1. The molecular formula is C15H28. The van der Waals surface area contributed by atoms with Crippen LogP contribution in [0.1, 0.15) is 59.8 Å². The Hall–Kier alpha value is -0.260. The van der Waals surface area contributed by atoms with E-state index in [0.29, 0.717) is 0 Å². The molecule has 0 bridgehead atoms. The van der Waals surface area contributed by atoms with E-state index in [1.165, 1.54) is 32.1 Å². The van der Waals surface area contributed by atoms with Crippen LogP contribution in [-0.4, -0.2) is 0 Å². The normalized spacial score (nSPS) is 29.7. The summed E-state index contributed by atoms with van der Waals surface area (Å²) >= 11 is 0. The van der Waals surface area contributed by atoms with Crippen molar-refractivity contribution >= 4 is 0 Å². The fraction of sp³-hybridized carbons (Fsp3) is 0.867. The molecule has 88 valence electrons. The molecular weight excluding hydrogens is 180 g/mol. The van der Waals surface area contributed by atoms with Crippen LogP contribution in [0.15, 0.2) is 12.2 Å². The van der Waals surface area contributed by atoms with Gasteiger partial charge < -0.3 is 0 Å². The molecule has 0 heteroatoms. The van der Waals surface area contributed by atoms with Gasteiger partial charge in [-0.25, -0.2) is 0 Å². The zero-order chi connectivity index (χ0) is 11.4. The maximum Gasteiger partial charge on any atom is -0.0197 e. The molecule has 15 heavy (non-hydrogen) atoms. The van der Waals surface area contributed by atoms with Gasteiger partial charge >= 0.3 is 0 Å². The number of hydrogen-bond acceptors (Lipinski definition) is 0. The van der Waals surface area contributed by atoms with Gasteiger partial charge in [0.1, 0.15) is 0 Å². The van der Waals surface area contributed by atoms with E-state index >= 15 is 0 Å². The van der Waals surface area contributed by atoms with Gasteiger partial charge in [0.05, 0.1) is 0 Å². The number of allylic oxidation sites excluding steroid dienone is 1. The van der Waals surface area contributed by atoms with Gasteiger partial charge in [0.25, 0.3) is 0 Å². The Bertz CT molecular complexity index is 204. The lowest BCUT2D eigenvalue weighted by Gasteiger charge is -2.39. The lowest BCUT2D eigenvalue weighted by atomic mass is 9.67. The third-order valence-electron chi connectivity index (χ3n) is 4.70. The summed E-state index contributed by atoms with van der Waals surface area (Å²) in [4.78, 5) is 0. The van der Waals surface area contributed by atoms with Gasteiger partial charge in [-0.3, -0.25) is 0 Å². The monoisotopic (exact) mass is 208 g/mol. The number of rotatable bonds is 6. The molecule has 0 N–H and O–H groups in total. The summed E-state index contributed by atoms with van der Waals surface area (Å²) in [6.45, 7) is 13.6. The summed E-state index contributed by atoms with van der Waals surface area (Å²) in [5.74, 6) is 3.50. The smallest absolute Gasteiger partial charge is 0.0197 e. The second kappa shape index (κ2) is 5.72. The molecule has 0 saturated heterocycles. The van der Waals surface area contributed by atoms with Crippen molar-refractivity contribution in [3.8, 4) is 0 Å². The van der Waals surface area contributed by atoms with Crippen LogP contribution in [0.3, 0.4) is 0 Å². The molecule has 0 nitrogen and oxygen atoms in total. The molecule has 1 rings (SSSR count). The second-order valence-corrected chi connectivity index (χ2v) is 5.55. The van der Waals surface area contributed by atoms with Crippen LogP contribution in [0.4, 0.5) is 0 Å². The first-order valence-corrected chi connectivity index (χ1v) is 6.78. The Labute approximate surface area is 96.2 Å². The SMILES string of the molecule is C=C1C(CC)CC1CCC(C)C(C)CC. The van der Waals surface area contributed by atoms with Gasteiger partial charge in [-0.05, 0) is 49.4 Å². The molecule has 0 aliphatic heterocycles. The molecule has 1 fully saturated rings. The summed E-state index contributed by atoms with van der Waals surface area (Å²) in [6.07, 6.45) is 6.83. The maximum absolute atomic E-state index is 4.24. The van der Waals surface area contributed by atoms with Gasteiger partial charge in [0.2, 0.25) is 0 Å². The minimum absolute atomic E-state index is 0.855. The Kier molecular flexibility index (Phi) is 4.89. The molecule has 4 unspecified atom stereocenters. The molecule has 1 saturated carbocycles. The van der Waals surface area contributed by atoms with Crippen molar-refractivity contribution < 1.29 is 0 Å². The number of hydrogen-bond donors (Lipinski definition) is 0. The second-order valence-electron chi connectivity index (χ2n) is 5.55. The van der Waals surface area contributed by atoms with Crippen molar-refractivity contribution in [1.29, 1.82) is 0 Å². The average molecular weight is 208 g/mol. The highest BCUT2D eigenvalue weighted by Gasteiger charge is 2.31. The van der Waals surface area contributed by atoms with Crippen LogP contribution in [0, 0.1) is 23.7 Å². The van der Waals surface area contributed by atoms with Crippen molar-refractivity contribution in [2.75, 3.05) is 0 Å². The molecule has 0 spiro atoms. The maximum atomic E-state index is 4.24. The predicted molar refractivity (Wildman–Crippen MR) is 68.9 cm³/mol. The van der Waals surface area contributed by atoms with Gasteiger partial charge in [-0.1, -0.05) is 46.3 Å². The van der Waals surface area contributed by atoms with Crippen LogP contribution in [0.2, 0.25) is 0 Å². The van der Waals surface area contributed by atoms with E-state index in [-0.39, 0.29) is 0 Å². The molecule has 0 aromatic carbocycles. The first-order valence-electron chi connectivity index (χ1n) is 6.78. The highest BCUT2D eigenvalue weighted by molar-refractivity contribution is 5.15. The molecule has 0 amide bonds. The molecule has 0 aromatic rings. The van der Waals surface area contributed by atoms with Crippen molar-refractivity contribution in [2.45, 2.75) is 59.8 Å². The van der Waals surface area contributed by atoms with E-state index in [2.05, 4.69) is 34.3 Å². The standard InChI is InChI=1S/C15H28/c1-6-11(3)12(4)8-9-15-10-14(7-2)13(15)5/h11-12,14-15H,5-10H2,1-4H3. The Morgan fingerprint density at radius 1 is 1.20 bits per heavy atom. The molecule has 4 atom stereocenters. The highest BCUT2D eigenvalue weighted by Crippen LogP contribution is 2.44. The van der Waals surface area contributed by atoms with Gasteiger partial charge in [0.15, 0.2) is 0 Å². The molecule has 1 aliphatic rings. The van der Waals surface area contributed by atoms with E-state index in [9.17, 15) is 0 Å². The third-order valence-corrected chi connectivity index (χ3v) is 4.70. The molecule has 0 radical (unpaired) electrons.